The van der Waals surface area contributed by atoms with Gasteiger partial charge in [-0.15, -0.1) is 0 Å². The first-order valence-electron chi connectivity index (χ1n) is 5.28. The molecule has 0 aromatic heterocycles. The maximum absolute atomic E-state index is 13.7. The molecule has 0 saturated carbocycles. The highest BCUT2D eigenvalue weighted by molar-refractivity contribution is 6.33. The SMILES string of the molecule is Cc1cc(-c2ccccc2Cl)cc(F)c1CO. The van der Waals surface area contributed by atoms with E-state index in [1.165, 1.54) is 6.07 Å². The summed E-state index contributed by atoms with van der Waals surface area (Å²) in [5.74, 6) is -0.401. The Morgan fingerprint density at radius 3 is 2.53 bits per heavy atom. The molecule has 1 N–H and O–H groups in total. The lowest BCUT2D eigenvalue weighted by Crippen LogP contribution is -1.95. The predicted octanol–water partition coefficient (Wildman–Crippen LogP) is 3.95. The average Bonchev–Trinajstić information content (AvgIpc) is 2.29. The number of aryl methyl sites for hydroxylation is 1. The van der Waals surface area contributed by atoms with Crippen molar-refractivity contribution in [3.63, 3.8) is 0 Å². The molecule has 0 aliphatic rings. The van der Waals surface area contributed by atoms with Crippen molar-refractivity contribution in [2.24, 2.45) is 0 Å². The van der Waals surface area contributed by atoms with Crippen LogP contribution in [0, 0.1) is 12.7 Å². The molecule has 2 aromatic carbocycles. The Bertz CT molecular complexity index is 529. The molecule has 0 heterocycles. The van der Waals surface area contributed by atoms with Crippen LogP contribution in [-0.4, -0.2) is 5.11 Å². The molecule has 0 atom stereocenters. The molecule has 0 fully saturated rings. The van der Waals surface area contributed by atoms with Gasteiger partial charge in [-0.3, -0.25) is 0 Å². The highest BCUT2D eigenvalue weighted by Crippen LogP contribution is 2.30. The van der Waals surface area contributed by atoms with Gasteiger partial charge in [-0.2, -0.15) is 0 Å². The van der Waals surface area contributed by atoms with Gasteiger partial charge in [0, 0.05) is 16.1 Å². The van der Waals surface area contributed by atoms with Crippen LogP contribution in [0.25, 0.3) is 11.1 Å². The Morgan fingerprint density at radius 1 is 1.24 bits per heavy atom. The van der Waals surface area contributed by atoms with E-state index in [-0.39, 0.29) is 6.61 Å². The largest absolute Gasteiger partial charge is 0.392 e. The molecule has 0 saturated heterocycles. The molecular weight excluding hydrogens is 239 g/mol. The number of hydrogen-bond acceptors (Lipinski definition) is 1. The zero-order valence-electron chi connectivity index (χ0n) is 9.37. The van der Waals surface area contributed by atoms with Gasteiger partial charge in [0.25, 0.3) is 0 Å². The summed E-state index contributed by atoms with van der Waals surface area (Å²) >= 11 is 6.07. The Balaban J connectivity index is 2.59. The highest BCUT2D eigenvalue weighted by atomic mass is 35.5. The summed E-state index contributed by atoms with van der Waals surface area (Å²) in [6.07, 6.45) is 0. The molecule has 2 aromatic rings. The summed E-state index contributed by atoms with van der Waals surface area (Å²) in [4.78, 5) is 0. The molecular formula is C14H12ClFO. The van der Waals surface area contributed by atoms with E-state index in [4.69, 9.17) is 16.7 Å². The summed E-state index contributed by atoms with van der Waals surface area (Å²) in [5.41, 5.74) is 2.58. The van der Waals surface area contributed by atoms with Crippen LogP contribution in [0.3, 0.4) is 0 Å². The van der Waals surface area contributed by atoms with Crippen LogP contribution in [0.4, 0.5) is 4.39 Å². The van der Waals surface area contributed by atoms with Crippen molar-refractivity contribution in [3.8, 4) is 11.1 Å². The molecule has 0 aliphatic carbocycles. The number of halogens is 2. The van der Waals surface area contributed by atoms with Crippen molar-refractivity contribution in [1.29, 1.82) is 0 Å². The van der Waals surface area contributed by atoms with E-state index in [0.29, 0.717) is 10.6 Å². The first-order chi connectivity index (χ1) is 8.13. The minimum Gasteiger partial charge on any atom is -0.392 e. The fourth-order valence-electron chi connectivity index (χ4n) is 1.83. The standard InChI is InChI=1S/C14H12ClFO/c1-9-6-10(7-14(16)12(9)8-17)11-4-2-3-5-13(11)15/h2-7,17H,8H2,1H3. The minimum atomic E-state index is -0.401. The van der Waals surface area contributed by atoms with E-state index in [9.17, 15) is 4.39 Å². The van der Waals surface area contributed by atoms with E-state index in [2.05, 4.69) is 0 Å². The van der Waals surface area contributed by atoms with Crippen LogP contribution in [0.5, 0.6) is 0 Å². The number of hydrogen-bond donors (Lipinski definition) is 1. The smallest absolute Gasteiger partial charge is 0.129 e. The van der Waals surface area contributed by atoms with Crippen molar-refractivity contribution in [2.75, 3.05) is 0 Å². The van der Waals surface area contributed by atoms with E-state index >= 15 is 0 Å². The highest BCUT2D eigenvalue weighted by Gasteiger charge is 2.10. The second-order valence-electron chi connectivity index (χ2n) is 3.89. The topological polar surface area (TPSA) is 20.2 Å². The van der Waals surface area contributed by atoms with Gasteiger partial charge in [-0.05, 0) is 30.2 Å². The molecule has 1 nitrogen and oxygen atoms in total. The Kier molecular flexibility index (Phi) is 3.46. The van der Waals surface area contributed by atoms with Crippen molar-refractivity contribution < 1.29 is 9.50 Å². The van der Waals surface area contributed by atoms with Gasteiger partial charge in [0.15, 0.2) is 0 Å². The quantitative estimate of drug-likeness (QED) is 0.856. The summed E-state index contributed by atoms with van der Waals surface area (Å²) in [7, 11) is 0. The van der Waals surface area contributed by atoms with Crippen LogP contribution < -0.4 is 0 Å². The van der Waals surface area contributed by atoms with E-state index < -0.39 is 5.82 Å². The summed E-state index contributed by atoms with van der Waals surface area (Å²) < 4.78 is 13.7. The second-order valence-corrected chi connectivity index (χ2v) is 4.30. The maximum Gasteiger partial charge on any atom is 0.129 e. The minimum absolute atomic E-state index is 0.291. The Labute approximate surface area is 104 Å². The van der Waals surface area contributed by atoms with Gasteiger partial charge in [0.2, 0.25) is 0 Å². The molecule has 0 bridgehead atoms. The van der Waals surface area contributed by atoms with Crippen LogP contribution in [-0.2, 0) is 6.61 Å². The zero-order valence-corrected chi connectivity index (χ0v) is 10.1. The molecule has 0 radical (unpaired) electrons. The first kappa shape index (κ1) is 12.1. The molecule has 3 heteroatoms. The molecule has 0 unspecified atom stereocenters. The Morgan fingerprint density at radius 2 is 1.94 bits per heavy atom. The van der Waals surface area contributed by atoms with Crippen LogP contribution in [0.1, 0.15) is 11.1 Å². The van der Waals surface area contributed by atoms with Crippen molar-refractivity contribution in [3.05, 3.63) is 58.4 Å². The molecule has 0 amide bonds. The lowest BCUT2D eigenvalue weighted by atomic mass is 9.99. The van der Waals surface area contributed by atoms with Crippen LogP contribution in [0.15, 0.2) is 36.4 Å². The van der Waals surface area contributed by atoms with Crippen LogP contribution >= 0.6 is 11.6 Å². The molecule has 17 heavy (non-hydrogen) atoms. The number of rotatable bonds is 2. The Hall–Kier alpha value is -1.38. The lowest BCUT2D eigenvalue weighted by molar-refractivity contribution is 0.275. The third-order valence-electron chi connectivity index (χ3n) is 2.76. The first-order valence-corrected chi connectivity index (χ1v) is 5.66. The van der Waals surface area contributed by atoms with Gasteiger partial charge in [0.1, 0.15) is 5.82 Å². The van der Waals surface area contributed by atoms with E-state index in [1.807, 2.05) is 24.3 Å². The summed E-state index contributed by atoms with van der Waals surface area (Å²) in [5, 5.41) is 9.64. The van der Waals surface area contributed by atoms with E-state index in [0.717, 1.165) is 16.7 Å². The third-order valence-corrected chi connectivity index (χ3v) is 3.09. The zero-order chi connectivity index (χ0) is 12.4. The van der Waals surface area contributed by atoms with Crippen LogP contribution in [0.2, 0.25) is 5.02 Å². The maximum atomic E-state index is 13.7. The lowest BCUT2D eigenvalue weighted by Gasteiger charge is -2.09. The third kappa shape index (κ3) is 2.33. The van der Waals surface area contributed by atoms with Crippen molar-refractivity contribution >= 4 is 11.6 Å². The molecule has 2 rings (SSSR count). The van der Waals surface area contributed by atoms with E-state index in [1.54, 1.807) is 13.0 Å². The van der Waals surface area contributed by atoms with Gasteiger partial charge in [-0.25, -0.2) is 4.39 Å². The van der Waals surface area contributed by atoms with Gasteiger partial charge in [0.05, 0.1) is 6.61 Å². The van der Waals surface area contributed by atoms with Gasteiger partial charge >= 0.3 is 0 Å². The monoisotopic (exact) mass is 250 g/mol. The van der Waals surface area contributed by atoms with Gasteiger partial charge < -0.3 is 5.11 Å². The van der Waals surface area contributed by atoms with Crippen molar-refractivity contribution in [1.82, 2.24) is 0 Å². The number of aliphatic hydroxyl groups excluding tert-OH is 1. The number of benzene rings is 2. The summed E-state index contributed by atoms with van der Waals surface area (Å²) in [6.45, 7) is 1.48. The fourth-order valence-corrected chi connectivity index (χ4v) is 2.07. The fraction of sp³-hybridized carbons (Fsp3) is 0.143. The average molecular weight is 251 g/mol. The molecule has 88 valence electrons. The molecule has 0 aliphatic heterocycles. The number of aliphatic hydroxyl groups is 1. The summed E-state index contributed by atoms with van der Waals surface area (Å²) in [6, 6.07) is 10.5. The normalized spacial score (nSPS) is 10.6. The molecule has 0 spiro atoms. The predicted molar refractivity (Wildman–Crippen MR) is 67.5 cm³/mol. The van der Waals surface area contributed by atoms with Crippen molar-refractivity contribution in [2.45, 2.75) is 13.5 Å². The van der Waals surface area contributed by atoms with Gasteiger partial charge in [-0.1, -0.05) is 35.9 Å². The second kappa shape index (κ2) is 4.86.